The number of halogens is 1. The number of hydrogen-bond donors (Lipinski definition) is 1. The highest BCUT2D eigenvalue weighted by atomic mass is 35.5. The first-order valence-corrected chi connectivity index (χ1v) is 6.07. The summed E-state index contributed by atoms with van der Waals surface area (Å²) in [6.45, 7) is 10.0. The average Bonchev–Trinajstić information content (AvgIpc) is 2.64. The van der Waals surface area contributed by atoms with Gasteiger partial charge in [0.2, 0.25) is 5.91 Å². The Balaban J connectivity index is 0.00000144. The van der Waals surface area contributed by atoms with Crippen molar-refractivity contribution in [2.24, 2.45) is 5.41 Å². The molecule has 1 N–H and O–H groups in total. The summed E-state index contributed by atoms with van der Waals surface area (Å²) in [4.78, 5) is 14.4. The van der Waals surface area contributed by atoms with Crippen LogP contribution in [0.15, 0.2) is 0 Å². The number of hydrogen-bond acceptors (Lipinski definition) is 3. The van der Waals surface area contributed by atoms with Crippen LogP contribution in [0.25, 0.3) is 0 Å². The minimum Gasteiger partial charge on any atom is -0.372 e. The molecule has 0 aromatic rings. The van der Waals surface area contributed by atoms with Crippen molar-refractivity contribution in [1.29, 1.82) is 0 Å². The molecular formula is C12H23ClN2O2. The van der Waals surface area contributed by atoms with Crippen molar-refractivity contribution in [2.45, 2.75) is 32.8 Å². The summed E-state index contributed by atoms with van der Waals surface area (Å²) in [5.74, 6) is 0.286. The van der Waals surface area contributed by atoms with Gasteiger partial charge in [-0.25, -0.2) is 0 Å². The third-order valence-electron chi connectivity index (χ3n) is 3.60. The van der Waals surface area contributed by atoms with Gasteiger partial charge in [0.05, 0.1) is 17.6 Å². The molecule has 0 bridgehead atoms. The lowest BCUT2D eigenvalue weighted by molar-refractivity contribution is -0.154. The zero-order valence-corrected chi connectivity index (χ0v) is 11.7. The molecule has 1 amide bonds. The Morgan fingerprint density at radius 3 is 2.59 bits per heavy atom. The first-order chi connectivity index (χ1) is 7.43. The molecule has 0 spiro atoms. The molecule has 5 heteroatoms. The Kier molecular flexibility index (Phi) is 4.44. The van der Waals surface area contributed by atoms with Crippen LogP contribution in [0.1, 0.15) is 27.2 Å². The molecule has 1 unspecified atom stereocenters. The number of amides is 1. The van der Waals surface area contributed by atoms with Crippen LogP contribution >= 0.6 is 12.4 Å². The largest absolute Gasteiger partial charge is 0.372 e. The van der Waals surface area contributed by atoms with Crippen molar-refractivity contribution in [3.8, 4) is 0 Å². The van der Waals surface area contributed by atoms with Gasteiger partial charge >= 0.3 is 0 Å². The quantitative estimate of drug-likeness (QED) is 0.768. The van der Waals surface area contributed by atoms with Gasteiger partial charge in [-0.1, -0.05) is 0 Å². The minimum atomic E-state index is -0.201. The summed E-state index contributed by atoms with van der Waals surface area (Å²) in [5.41, 5.74) is -0.399. The van der Waals surface area contributed by atoms with Gasteiger partial charge in [-0.2, -0.15) is 0 Å². The summed E-state index contributed by atoms with van der Waals surface area (Å²) in [5, 5.41) is 3.27. The van der Waals surface area contributed by atoms with Crippen molar-refractivity contribution in [1.82, 2.24) is 10.2 Å². The predicted octanol–water partition coefficient (Wildman–Crippen LogP) is 1.05. The molecule has 0 aromatic heterocycles. The molecule has 17 heavy (non-hydrogen) atoms. The summed E-state index contributed by atoms with van der Waals surface area (Å²) < 4.78 is 5.63. The molecule has 0 radical (unpaired) electrons. The lowest BCUT2D eigenvalue weighted by atomic mass is 9.87. The second-order valence-electron chi connectivity index (χ2n) is 5.82. The van der Waals surface area contributed by atoms with Crippen LogP contribution in [-0.2, 0) is 9.53 Å². The van der Waals surface area contributed by atoms with E-state index in [1.54, 1.807) is 0 Å². The van der Waals surface area contributed by atoms with Gasteiger partial charge in [0.25, 0.3) is 0 Å². The minimum absolute atomic E-state index is 0. The predicted molar refractivity (Wildman–Crippen MR) is 69.5 cm³/mol. The maximum absolute atomic E-state index is 12.4. The first kappa shape index (κ1) is 14.7. The van der Waals surface area contributed by atoms with Crippen LogP contribution < -0.4 is 5.32 Å². The monoisotopic (exact) mass is 262 g/mol. The van der Waals surface area contributed by atoms with Crippen LogP contribution in [-0.4, -0.2) is 49.2 Å². The molecule has 2 fully saturated rings. The van der Waals surface area contributed by atoms with Gasteiger partial charge in [-0.15, -0.1) is 12.4 Å². The van der Waals surface area contributed by atoms with E-state index in [0.29, 0.717) is 13.2 Å². The zero-order chi connectivity index (χ0) is 11.8. The molecule has 1 atom stereocenters. The zero-order valence-electron chi connectivity index (χ0n) is 10.9. The summed E-state index contributed by atoms with van der Waals surface area (Å²) in [7, 11) is 0. The molecule has 0 aliphatic carbocycles. The molecule has 2 saturated heterocycles. The smallest absolute Gasteiger partial charge is 0.230 e. The Hall–Kier alpha value is -0.320. The van der Waals surface area contributed by atoms with Crippen LogP contribution in [0.4, 0.5) is 0 Å². The van der Waals surface area contributed by atoms with Gasteiger partial charge < -0.3 is 15.0 Å². The number of morpholine rings is 1. The number of nitrogens with one attached hydrogen (secondary N) is 1. The van der Waals surface area contributed by atoms with E-state index in [0.717, 1.165) is 26.1 Å². The first-order valence-electron chi connectivity index (χ1n) is 6.07. The maximum atomic E-state index is 12.4. The fraction of sp³-hybridized carbons (Fsp3) is 0.917. The van der Waals surface area contributed by atoms with Crippen LogP contribution in [0.2, 0.25) is 0 Å². The number of carbonyl (C=O) groups excluding carboxylic acids is 1. The Bertz CT molecular complexity index is 288. The van der Waals surface area contributed by atoms with E-state index in [2.05, 4.69) is 12.2 Å². The normalized spacial score (nSPS) is 32.1. The highest BCUT2D eigenvalue weighted by Gasteiger charge is 2.41. The molecule has 100 valence electrons. The summed E-state index contributed by atoms with van der Waals surface area (Å²) >= 11 is 0. The molecule has 2 rings (SSSR count). The molecule has 2 aliphatic heterocycles. The van der Waals surface area contributed by atoms with Gasteiger partial charge in [0, 0.05) is 19.6 Å². The number of rotatable bonds is 1. The number of carbonyl (C=O) groups is 1. The molecule has 0 saturated carbocycles. The average molecular weight is 263 g/mol. The third-order valence-corrected chi connectivity index (χ3v) is 3.60. The number of nitrogens with zero attached hydrogens (tertiary/aromatic N) is 1. The fourth-order valence-corrected chi connectivity index (χ4v) is 2.57. The summed E-state index contributed by atoms with van der Waals surface area (Å²) in [6, 6.07) is 0. The maximum Gasteiger partial charge on any atom is 0.230 e. The van der Waals surface area contributed by atoms with Gasteiger partial charge in [0.15, 0.2) is 0 Å². The standard InChI is InChI=1S/C12H22N2O2.ClH/c1-11(2)9-14(6-7-16-11)10(15)12(3)4-5-13-8-12;/h13H,4-9H2,1-3H3;1H. The van der Waals surface area contributed by atoms with Gasteiger partial charge in [-0.3, -0.25) is 4.79 Å². The van der Waals surface area contributed by atoms with Crippen molar-refractivity contribution < 1.29 is 9.53 Å². The molecule has 2 aliphatic rings. The Labute approximate surface area is 109 Å². The van der Waals surface area contributed by atoms with E-state index in [-0.39, 0.29) is 29.3 Å². The van der Waals surface area contributed by atoms with Gasteiger partial charge in [-0.05, 0) is 33.7 Å². The van der Waals surface area contributed by atoms with Crippen LogP contribution in [0, 0.1) is 5.41 Å². The van der Waals surface area contributed by atoms with E-state index in [4.69, 9.17) is 4.74 Å². The van der Waals surface area contributed by atoms with Crippen LogP contribution in [0.3, 0.4) is 0 Å². The lowest BCUT2D eigenvalue weighted by Crippen LogP contribution is -2.54. The molecular weight excluding hydrogens is 240 g/mol. The van der Waals surface area contributed by atoms with E-state index < -0.39 is 0 Å². The van der Waals surface area contributed by atoms with Crippen molar-refractivity contribution in [3.63, 3.8) is 0 Å². The third kappa shape index (κ3) is 3.12. The second kappa shape index (κ2) is 5.12. The van der Waals surface area contributed by atoms with Crippen molar-refractivity contribution in [3.05, 3.63) is 0 Å². The summed E-state index contributed by atoms with van der Waals surface area (Å²) in [6.07, 6.45) is 0.948. The van der Waals surface area contributed by atoms with Gasteiger partial charge in [0.1, 0.15) is 0 Å². The van der Waals surface area contributed by atoms with E-state index in [1.807, 2.05) is 18.7 Å². The van der Waals surface area contributed by atoms with E-state index in [9.17, 15) is 4.79 Å². The molecule has 4 nitrogen and oxygen atoms in total. The second-order valence-corrected chi connectivity index (χ2v) is 5.82. The Morgan fingerprint density at radius 2 is 2.06 bits per heavy atom. The topological polar surface area (TPSA) is 41.6 Å². The molecule has 2 heterocycles. The van der Waals surface area contributed by atoms with Crippen molar-refractivity contribution >= 4 is 18.3 Å². The molecule has 0 aromatic carbocycles. The highest BCUT2D eigenvalue weighted by molar-refractivity contribution is 5.85. The lowest BCUT2D eigenvalue weighted by Gasteiger charge is -2.41. The SMILES string of the molecule is CC1(C)CN(C(=O)C2(C)CCNC2)CCO1.Cl. The van der Waals surface area contributed by atoms with Crippen LogP contribution in [0.5, 0.6) is 0 Å². The van der Waals surface area contributed by atoms with E-state index in [1.165, 1.54) is 0 Å². The van der Waals surface area contributed by atoms with Crippen molar-refractivity contribution in [2.75, 3.05) is 32.8 Å². The Morgan fingerprint density at radius 1 is 1.35 bits per heavy atom. The van der Waals surface area contributed by atoms with E-state index >= 15 is 0 Å². The highest BCUT2D eigenvalue weighted by Crippen LogP contribution is 2.29. The number of ether oxygens (including phenoxy) is 1. The fourth-order valence-electron chi connectivity index (χ4n) is 2.57.